The van der Waals surface area contributed by atoms with E-state index in [9.17, 15) is 9.90 Å². The van der Waals surface area contributed by atoms with Gasteiger partial charge in [0, 0.05) is 16.1 Å². The highest BCUT2D eigenvalue weighted by Gasteiger charge is 2.23. The van der Waals surface area contributed by atoms with Crippen molar-refractivity contribution in [2.75, 3.05) is 4.90 Å². The van der Waals surface area contributed by atoms with Gasteiger partial charge in [-0.3, -0.25) is 4.90 Å². The number of hydrogen-bond donors (Lipinski definition) is 1. The lowest BCUT2D eigenvalue weighted by Gasteiger charge is -2.20. The van der Waals surface area contributed by atoms with Crippen LogP contribution >= 0.6 is 11.6 Å². The highest BCUT2D eigenvalue weighted by molar-refractivity contribution is 6.30. The van der Waals surface area contributed by atoms with Gasteiger partial charge in [-0.2, -0.15) is 5.10 Å². The van der Waals surface area contributed by atoms with E-state index in [1.54, 1.807) is 22.9 Å². The average molecular weight is 384 g/mol. The number of aromatic nitrogens is 2. The van der Waals surface area contributed by atoms with Gasteiger partial charge in [-0.05, 0) is 36.4 Å². The molecule has 1 heterocycles. The maximum absolute atomic E-state index is 11.9. The maximum atomic E-state index is 11.9. The van der Waals surface area contributed by atoms with E-state index >= 15 is 0 Å². The Labute approximate surface area is 163 Å². The lowest BCUT2D eigenvalue weighted by molar-refractivity contribution is 0.201. The van der Waals surface area contributed by atoms with Gasteiger partial charge in [-0.25, -0.2) is 9.48 Å². The maximum Gasteiger partial charge on any atom is 0.412 e. The number of halogens is 1. The summed E-state index contributed by atoms with van der Waals surface area (Å²) in [6, 6.07) is 18.4. The summed E-state index contributed by atoms with van der Waals surface area (Å²) in [7, 11) is 0. The Kier molecular flexibility index (Phi) is 5.24. The number of anilines is 1. The quantitative estimate of drug-likeness (QED) is 0.646. The van der Waals surface area contributed by atoms with Crippen molar-refractivity contribution in [1.82, 2.24) is 9.78 Å². The van der Waals surface area contributed by atoms with Gasteiger partial charge in [0.1, 0.15) is 0 Å². The van der Waals surface area contributed by atoms with Crippen LogP contribution in [0.5, 0.6) is 0 Å². The molecule has 0 spiro atoms. The smallest absolute Gasteiger partial charge is 0.412 e. The fourth-order valence-electron chi connectivity index (χ4n) is 2.77. The minimum absolute atomic E-state index is 0.167. The zero-order chi connectivity index (χ0) is 19.6. The number of nitrogens with zero attached hydrogens (tertiary/aromatic N) is 3. The molecule has 0 radical (unpaired) electrons. The topological polar surface area (TPSA) is 58.4 Å². The molecule has 0 bridgehead atoms. The molecule has 0 fully saturated rings. The van der Waals surface area contributed by atoms with Crippen LogP contribution in [0, 0.1) is 0 Å². The molecular weight excluding hydrogens is 362 g/mol. The van der Waals surface area contributed by atoms with Crippen molar-refractivity contribution >= 4 is 23.4 Å². The van der Waals surface area contributed by atoms with Crippen molar-refractivity contribution in [2.24, 2.45) is 0 Å². The van der Waals surface area contributed by atoms with Gasteiger partial charge in [0.15, 0.2) is 0 Å². The molecule has 6 heteroatoms. The standard InChI is InChI=1S/C21H22ClN3O2/c1-21(2,3)19-13-18(25(23-19)17-11-7-8-15(22)12-17)14-24(20(26)27)16-9-5-4-6-10-16/h4-13H,14H2,1-3H3,(H,26,27). The fourth-order valence-corrected chi connectivity index (χ4v) is 2.95. The van der Waals surface area contributed by atoms with Gasteiger partial charge in [0.2, 0.25) is 0 Å². The van der Waals surface area contributed by atoms with E-state index in [0.29, 0.717) is 10.7 Å². The molecule has 27 heavy (non-hydrogen) atoms. The molecule has 0 aliphatic heterocycles. The Hall–Kier alpha value is -2.79. The van der Waals surface area contributed by atoms with Gasteiger partial charge in [-0.15, -0.1) is 0 Å². The average Bonchev–Trinajstić information content (AvgIpc) is 3.04. The number of benzene rings is 2. The van der Waals surface area contributed by atoms with Gasteiger partial charge in [0.25, 0.3) is 0 Å². The Bertz CT molecular complexity index is 946. The van der Waals surface area contributed by atoms with Gasteiger partial charge in [0.05, 0.1) is 23.6 Å². The molecule has 1 amide bonds. The van der Waals surface area contributed by atoms with Gasteiger partial charge in [-0.1, -0.05) is 56.6 Å². The summed E-state index contributed by atoms with van der Waals surface area (Å²) in [6.45, 7) is 6.41. The number of para-hydroxylation sites is 1. The van der Waals surface area contributed by atoms with E-state index in [1.165, 1.54) is 4.90 Å². The van der Waals surface area contributed by atoms with Crippen LogP contribution in [-0.2, 0) is 12.0 Å². The fraction of sp³-hybridized carbons (Fsp3) is 0.238. The Morgan fingerprint density at radius 3 is 2.41 bits per heavy atom. The van der Waals surface area contributed by atoms with E-state index < -0.39 is 6.09 Å². The second kappa shape index (κ2) is 7.45. The molecule has 0 aliphatic rings. The van der Waals surface area contributed by atoms with E-state index in [4.69, 9.17) is 16.7 Å². The van der Waals surface area contributed by atoms with Crippen molar-refractivity contribution < 1.29 is 9.90 Å². The molecular formula is C21H22ClN3O2. The third-order valence-electron chi connectivity index (χ3n) is 4.22. The molecule has 5 nitrogen and oxygen atoms in total. The Morgan fingerprint density at radius 1 is 1.11 bits per heavy atom. The van der Waals surface area contributed by atoms with E-state index in [2.05, 4.69) is 20.8 Å². The number of amides is 1. The predicted octanol–water partition coefficient (Wildman–Crippen LogP) is 5.51. The number of rotatable bonds is 4. The Balaban J connectivity index is 2.08. The summed E-state index contributed by atoms with van der Waals surface area (Å²) >= 11 is 6.15. The molecule has 3 aromatic rings. The molecule has 3 rings (SSSR count). The largest absolute Gasteiger partial charge is 0.465 e. The van der Waals surface area contributed by atoms with Crippen molar-refractivity contribution in [3.8, 4) is 5.69 Å². The second-order valence-corrected chi connectivity index (χ2v) is 7.80. The molecule has 0 saturated carbocycles. The summed E-state index contributed by atoms with van der Waals surface area (Å²) in [5.74, 6) is 0. The summed E-state index contributed by atoms with van der Waals surface area (Å²) < 4.78 is 1.77. The van der Waals surface area contributed by atoms with Crippen molar-refractivity contribution in [2.45, 2.75) is 32.7 Å². The highest BCUT2D eigenvalue weighted by atomic mass is 35.5. The molecule has 1 N–H and O–H groups in total. The van der Waals surface area contributed by atoms with Crippen LogP contribution in [0.15, 0.2) is 60.7 Å². The summed E-state index contributed by atoms with van der Waals surface area (Å²) in [5.41, 5.74) is 2.90. The molecule has 0 aliphatic carbocycles. The monoisotopic (exact) mass is 383 g/mol. The first kappa shape index (κ1) is 19.0. The van der Waals surface area contributed by atoms with Crippen LogP contribution < -0.4 is 4.90 Å². The predicted molar refractivity (Wildman–Crippen MR) is 108 cm³/mol. The van der Waals surface area contributed by atoms with Gasteiger partial charge >= 0.3 is 6.09 Å². The number of carboxylic acid groups (broad SMARTS) is 1. The molecule has 0 atom stereocenters. The lowest BCUT2D eigenvalue weighted by Crippen LogP contribution is -2.29. The summed E-state index contributed by atoms with van der Waals surface area (Å²) in [6.07, 6.45) is -1.02. The van der Waals surface area contributed by atoms with Crippen molar-refractivity contribution in [3.05, 3.63) is 77.1 Å². The molecule has 0 saturated heterocycles. The van der Waals surface area contributed by atoms with E-state index in [-0.39, 0.29) is 12.0 Å². The highest BCUT2D eigenvalue weighted by Crippen LogP contribution is 2.26. The zero-order valence-corrected chi connectivity index (χ0v) is 16.3. The number of carbonyl (C=O) groups is 1. The molecule has 140 valence electrons. The van der Waals surface area contributed by atoms with Crippen LogP contribution in [-0.4, -0.2) is 21.0 Å². The molecule has 0 unspecified atom stereocenters. The van der Waals surface area contributed by atoms with Crippen LogP contribution in [0.25, 0.3) is 5.69 Å². The first-order chi connectivity index (χ1) is 12.8. The summed E-state index contributed by atoms with van der Waals surface area (Å²) in [4.78, 5) is 13.2. The Morgan fingerprint density at radius 2 is 1.81 bits per heavy atom. The number of hydrogen-bond acceptors (Lipinski definition) is 2. The third-order valence-corrected chi connectivity index (χ3v) is 4.46. The second-order valence-electron chi connectivity index (χ2n) is 7.37. The molecule has 1 aromatic heterocycles. The summed E-state index contributed by atoms with van der Waals surface area (Å²) in [5, 5.41) is 15.1. The lowest BCUT2D eigenvalue weighted by atomic mass is 9.92. The van der Waals surface area contributed by atoms with E-state index in [0.717, 1.165) is 17.1 Å². The van der Waals surface area contributed by atoms with Crippen molar-refractivity contribution in [3.63, 3.8) is 0 Å². The minimum Gasteiger partial charge on any atom is -0.465 e. The van der Waals surface area contributed by atoms with E-state index in [1.807, 2.05) is 42.5 Å². The van der Waals surface area contributed by atoms with Crippen LogP contribution in [0.3, 0.4) is 0 Å². The van der Waals surface area contributed by atoms with Crippen LogP contribution in [0.4, 0.5) is 10.5 Å². The third kappa shape index (κ3) is 4.31. The minimum atomic E-state index is -1.02. The van der Waals surface area contributed by atoms with Crippen molar-refractivity contribution in [1.29, 1.82) is 0 Å². The SMILES string of the molecule is CC(C)(C)c1cc(CN(C(=O)O)c2ccccc2)n(-c2cccc(Cl)c2)n1. The first-order valence-corrected chi connectivity index (χ1v) is 9.04. The van der Waals surface area contributed by atoms with Crippen LogP contribution in [0.1, 0.15) is 32.2 Å². The normalized spacial score (nSPS) is 11.4. The van der Waals surface area contributed by atoms with Crippen LogP contribution in [0.2, 0.25) is 5.02 Å². The van der Waals surface area contributed by atoms with Gasteiger partial charge < -0.3 is 5.11 Å². The molecule has 2 aromatic carbocycles. The zero-order valence-electron chi connectivity index (χ0n) is 15.6. The first-order valence-electron chi connectivity index (χ1n) is 8.66.